The molecule has 0 radical (unpaired) electrons. The Kier molecular flexibility index (Phi) is 5.40. The van der Waals surface area contributed by atoms with Crippen LogP contribution >= 0.6 is 38.5 Å². The summed E-state index contributed by atoms with van der Waals surface area (Å²) in [6.45, 7) is 5.81. The van der Waals surface area contributed by atoms with Crippen molar-refractivity contribution >= 4 is 50.1 Å². The number of carbonyl (C=O) groups is 1. The maximum atomic E-state index is 11.7. The summed E-state index contributed by atoms with van der Waals surface area (Å²) in [6, 6.07) is 5.77. The SMILES string of the molecule is CC(C)(C)OCC(=O)Nc1cc(I)ccc1Br. The molecule has 0 unspecified atom stereocenters. The van der Waals surface area contributed by atoms with Gasteiger partial charge in [-0.15, -0.1) is 0 Å². The first kappa shape index (κ1) is 14.9. The summed E-state index contributed by atoms with van der Waals surface area (Å²) in [7, 11) is 0. The van der Waals surface area contributed by atoms with E-state index in [2.05, 4.69) is 43.8 Å². The van der Waals surface area contributed by atoms with Crippen LogP contribution in [-0.2, 0) is 9.53 Å². The van der Waals surface area contributed by atoms with Crippen molar-refractivity contribution in [2.45, 2.75) is 26.4 Å². The van der Waals surface area contributed by atoms with Crippen LogP contribution in [0.25, 0.3) is 0 Å². The predicted octanol–water partition coefficient (Wildman–Crippen LogP) is 3.81. The van der Waals surface area contributed by atoms with E-state index in [1.807, 2.05) is 39.0 Å². The minimum absolute atomic E-state index is 0.0570. The second-order valence-corrected chi connectivity index (χ2v) is 6.67. The Hall–Kier alpha value is -0.140. The Bertz CT molecular complexity index is 415. The Morgan fingerprint density at radius 1 is 1.47 bits per heavy atom. The van der Waals surface area contributed by atoms with Crippen molar-refractivity contribution in [2.75, 3.05) is 11.9 Å². The molecule has 0 saturated carbocycles. The molecule has 1 N–H and O–H groups in total. The quantitative estimate of drug-likeness (QED) is 0.768. The number of hydrogen-bond donors (Lipinski definition) is 1. The number of carbonyl (C=O) groups excluding carboxylic acids is 1. The second-order valence-electron chi connectivity index (χ2n) is 4.57. The molecule has 0 aliphatic carbocycles. The summed E-state index contributed by atoms with van der Waals surface area (Å²) in [6.07, 6.45) is 0. The lowest BCUT2D eigenvalue weighted by molar-refractivity contribution is -0.125. The highest BCUT2D eigenvalue weighted by atomic mass is 127. The zero-order valence-corrected chi connectivity index (χ0v) is 13.8. The molecular weight excluding hydrogens is 397 g/mol. The third-order valence-electron chi connectivity index (χ3n) is 1.84. The standard InChI is InChI=1S/C12H15BrINO2/c1-12(2,3)17-7-11(16)15-10-6-8(14)4-5-9(10)13/h4-6H,7H2,1-3H3,(H,15,16). The van der Waals surface area contributed by atoms with Crippen molar-refractivity contribution in [1.82, 2.24) is 0 Å². The molecule has 0 heterocycles. The first-order valence-electron chi connectivity index (χ1n) is 5.17. The summed E-state index contributed by atoms with van der Waals surface area (Å²) in [5.41, 5.74) is 0.457. The summed E-state index contributed by atoms with van der Waals surface area (Å²) in [5, 5.41) is 2.81. The van der Waals surface area contributed by atoms with Crippen molar-refractivity contribution < 1.29 is 9.53 Å². The topological polar surface area (TPSA) is 38.3 Å². The highest BCUT2D eigenvalue weighted by Crippen LogP contribution is 2.24. The number of anilines is 1. The number of rotatable bonds is 3. The van der Waals surface area contributed by atoms with Gasteiger partial charge >= 0.3 is 0 Å². The monoisotopic (exact) mass is 411 g/mol. The highest BCUT2D eigenvalue weighted by molar-refractivity contribution is 14.1. The molecule has 0 aliphatic rings. The smallest absolute Gasteiger partial charge is 0.250 e. The molecule has 17 heavy (non-hydrogen) atoms. The lowest BCUT2D eigenvalue weighted by atomic mass is 10.2. The van der Waals surface area contributed by atoms with Crippen molar-refractivity contribution in [3.8, 4) is 0 Å². The maximum Gasteiger partial charge on any atom is 0.250 e. The van der Waals surface area contributed by atoms with E-state index in [1.165, 1.54) is 0 Å². The molecule has 0 spiro atoms. The maximum absolute atomic E-state index is 11.7. The number of benzene rings is 1. The Labute approximate surface area is 124 Å². The summed E-state index contributed by atoms with van der Waals surface area (Å²) < 4.78 is 7.33. The van der Waals surface area contributed by atoms with Crippen LogP contribution < -0.4 is 5.32 Å². The van der Waals surface area contributed by atoms with Gasteiger partial charge in [-0.1, -0.05) is 0 Å². The molecule has 0 atom stereocenters. The van der Waals surface area contributed by atoms with Gasteiger partial charge in [-0.25, -0.2) is 0 Å². The van der Waals surface area contributed by atoms with Gasteiger partial charge in [0.15, 0.2) is 0 Å². The molecule has 0 aliphatic heterocycles. The molecule has 0 fully saturated rings. The van der Waals surface area contributed by atoms with Crippen molar-refractivity contribution in [3.63, 3.8) is 0 Å². The Balaban J connectivity index is 2.59. The van der Waals surface area contributed by atoms with Crippen LogP contribution in [0.2, 0.25) is 0 Å². The van der Waals surface area contributed by atoms with E-state index < -0.39 is 0 Å². The fourth-order valence-corrected chi connectivity index (χ4v) is 1.90. The zero-order valence-electron chi connectivity index (χ0n) is 10.0. The lowest BCUT2D eigenvalue weighted by Crippen LogP contribution is -2.27. The Morgan fingerprint density at radius 2 is 2.12 bits per heavy atom. The van der Waals surface area contributed by atoms with Gasteiger partial charge in [0.25, 0.3) is 0 Å². The summed E-state index contributed by atoms with van der Waals surface area (Å²) in [4.78, 5) is 11.7. The molecule has 94 valence electrons. The summed E-state index contributed by atoms with van der Waals surface area (Å²) >= 11 is 5.59. The van der Waals surface area contributed by atoms with E-state index in [4.69, 9.17) is 4.74 Å². The van der Waals surface area contributed by atoms with Crippen molar-refractivity contribution in [2.24, 2.45) is 0 Å². The Morgan fingerprint density at radius 3 is 2.71 bits per heavy atom. The van der Waals surface area contributed by atoms with Crippen LogP contribution in [0.1, 0.15) is 20.8 Å². The molecular formula is C12H15BrINO2. The third-order valence-corrected chi connectivity index (χ3v) is 3.20. The molecule has 1 amide bonds. The van der Waals surface area contributed by atoms with Crippen molar-refractivity contribution in [1.29, 1.82) is 0 Å². The van der Waals surface area contributed by atoms with Gasteiger partial charge in [0.2, 0.25) is 5.91 Å². The lowest BCUT2D eigenvalue weighted by Gasteiger charge is -2.19. The van der Waals surface area contributed by atoms with Gasteiger partial charge in [-0.2, -0.15) is 0 Å². The van der Waals surface area contributed by atoms with E-state index in [9.17, 15) is 4.79 Å². The molecule has 3 nitrogen and oxygen atoms in total. The minimum Gasteiger partial charge on any atom is -0.366 e. The zero-order chi connectivity index (χ0) is 13.1. The van der Waals surface area contributed by atoms with Gasteiger partial charge in [0.05, 0.1) is 11.3 Å². The van der Waals surface area contributed by atoms with Crippen LogP contribution in [0.15, 0.2) is 22.7 Å². The van der Waals surface area contributed by atoms with Crippen molar-refractivity contribution in [3.05, 3.63) is 26.2 Å². The van der Waals surface area contributed by atoms with Crippen LogP contribution in [0.4, 0.5) is 5.69 Å². The first-order valence-corrected chi connectivity index (χ1v) is 7.04. The average molecular weight is 412 g/mol. The molecule has 1 aromatic carbocycles. The summed E-state index contributed by atoms with van der Waals surface area (Å²) in [5.74, 6) is -0.150. The number of nitrogens with one attached hydrogen (secondary N) is 1. The normalized spacial score (nSPS) is 11.4. The van der Waals surface area contributed by atoms with E-state index in [1.54, 1.807) is 0 Å². The molecule has 1 rings (SSSR count). The second kappa shape index (κ2) is 6.15. The van der Waals surface area contributed by atoms with E-state index in [0.717, 1.165) is 13.7 Å². The van der Waals surface area contributed by atoms with Gasteiger partial charge < -0.3 is 10.1 Å². The number of halogens is 2. The van der Waals surface area contributed by atoms with Crippen LogP contribution in [-0.4, -0.2) is 18.1 Å². The van der Waals surface area contributed by atoms with Gasteiger partial charge in [-0.05, 0) is 77.5 Å². The van der Waals surface area contributed by atoms with Crippen LogP contribution in [0, 0.1) is 3.57 Å². The molecule has 0 bridgehead atoms. The van der Waals surface area contributed by atoms with Crippen LogP contribution in [0.5, 0.6) is 0 Å². The minimum atomic E-state index is -0.306. The number of ether oxygens (including phenoxy) is 1. The van der Waals surface area contributed by atoms with Crippen LogP contribution in [0.3, 0.4) is 0 Å². The van der Waals surface area contributed by atoms with Gasteiger partial charge in [0, 0.05) is 8.04 Å². The molecule has 1 aromatic rings. The van der Waals surface area contributed by atoms with E-state index >= 15 is 0 Å². The molecule has 5 heteroatoms. The van der Waals surface area contributed by atoms with E-state index in [0.29, 0.717) is 0 Å². The van der Waals surface area contributed by atoms with E-state index in [-0.39, 0.29) is 18.1 Å². The van der Waals surface area contributed by atoms with Gasteiger partial charge in [-0.3, -0.25) is 4.79 Å². The average Bonchev–Trinajstić information content (AvgIpc) is 2.20. The first-order chi connectivity index (χ1) is 7.78. The highest BCUT2D eigenvalue weighted by Gasteiger charge is 2.13. The third kappa shape index (κ3) is 5.83. The fourth-order valence-electron chi connectivity index (χ4n) is 1.06. The molecule has 0 aromatic heterocycles. The largest absolute Gasteiger partial charge is 0.366 e. The predicted molar refractivity (Wildman–Crippen MR) is 81.2 cm³/mol. The van der Waals surface area contributed by atoms with Gasteiger partial charge in [0.1, 0.15) is 6.61 Å². The number of amides is 1. The number of hydrogen-bond acceptors (Lipinski definition) is 2. The molecule has 0 saturated heterocycles. The fraction of sp³-hybridized carbons (Fsp3) is 0.417.